The van der Waals surface area contributed by atoms with E-state index in [4.69, 9.17) is 5.26 Å². The Bertz CT molecular complexity index is 530. The van der Waals surface area contributed by atoms with Crippen LogP contribution in [0.25, 0.3) is 0 Å². The summed E-state index contributed by atoms with van der Waals surface area (Å²) in [7, 11) is 0. The normalized spacial score (nSPS) is 21.7. The Morgan fingerprint density at radius 3 is 2.79 bits per heavy atom. The second kappa shape index (κ2) is 4.93. The molecule has 1 aromatic carbocycles. The molecule has 0 bridgehead atoms. The van der Waals surface area contributed by atoms with E-state index in [0.29, 0.717) is 6.54 Å². The molecular weight excluding hydrogens is 238 g/mol. The number of hydrogen-bond donors (Lipinski definition) is 1. The molecule has 1 amide bonds. The van der Waals surface area contributed by atoms with Crippen LogP contribution in [0.4, 0.5) is 5.69 Å². The van der Waals surface area contributed by atoms with E-state index in [1.165, 1.54) is 0 Å². The van der Waals surface area contributed by atoms with Crippen molar-refractivity contribution in [2.75, 3.05) is 11.4 Å². The van der Waals surface area contributed by atoms with Crippen LogP contribution in [0.1, 0.15) is 25.8 Å². The van der Waals surface area contributed by atoms with Crippen molar-refractivity contribution in [1.82, 2.24) is 5.32 Å². The van der Waals surface area contributed by atoms with Crippen LogP contribution in [0, 0.1) is 18.3 Å². The van der Waals surface area contributed by atoms with Gasteiger partial charge in [-0.2, -0.15) is 5.26 Å². The number of anilines is 1. The summed E-state index contributed by atoms with van der Waals surface area (Å²) < 4.78 is 0. The van der Waals surface area contributed by atoms with Crippen LogP contribution in [-0.4, -0.2) is 24.0 Å². The molecule has 0 radical (unpaired) electrons. The largest absolute Gasteiger partial charge is 0.352 e. The van der Waals surface area contributed by atoms with Crippen LogP contribution >= 0.6 is 0 Å². The summed E-state index contributed by atoms with van der Waals surface area (Å²) in [5.41, 5.74) is 1.94. The van der Waals surface area contributed by atoms with Crippen LogP contribution in [0.3, 0.4) is 0 Å². The number of hydrogen-bond acceptors (Lipinski definition) is 3. The van der Waals surface area contributed by atoms with Gasteiger partial charge in [0, 0.05) is 12.2 Å². The third-order valence-corrected chi connectivity index (χ3v) is 3.62. The van der Waals surface area contributed by atoms with E-state index in [1.54, 1.807) is 0 Å². The fraction of sp³-hybridized carbons (Fsp3) is 0.467. The molecule has 1 aromatic rings. The summed E-state index contributed by atoms with van der Waals surface area (Å²) in [6.07, 6.45) is 0.198. The van der Waals surface area contributed by atoms with Crippen molar-refractivity contribution in [3.05, 3.63) is 29.8 Å². The number of para-hydroxylation sites is 1. The first-order valence-corrected chi connectivity index (χ1v) is 6.47. The Morgan fingerprint density at radius 1 is 1.47 bits per heavy atom. The van der Waals surface area contributed by atoms with Gasteiger partial charge in [-0.1, -0.05) is 18.2 Å². The molecule has 0 aromatic heterocycles. The fourth-order valence-electron chi connectivity index (χ4n) is 2.64. The quantitative estimate of drug-likeness (QED) is 0.881. The lowest BCUT2D eigenvalue weighted by Gasteiger charge is -2.48. The molecule has 1 saturated heterocycles. The average Bonchev–Trinajstić information content (AvgIpc) is 2.36. The number of carbonyl (C=O) groups excluding carboxylic acids is 1. The van der Waals surface area contributed by atoms with Crippen LogP contribution in [-0.2, 0) is 4.79 Å². The van der Waals surface area contributed by atoms with Crippen molar-refractivity contribution in [2.45, 2.75) is 38.8 Å². The number of nitrogens with zero attached hydrogens (tertiary/aromatic N) is 2. The molecule has 1 aliphatic rings. The fourth-order valence-corrected chi connectivity index (χ4v) is 2.64. The molecule has 100 valence electrons. The number of carbonyl (C=O) groups is 1. The van der Waals surface area contributed by atoms with Gasteiger partial charge in [-0.25, -0.2) is 0 Å². The minimum absolute atomic E-state index is 0.0656. The van der Waals surface area contributed by atoms with Gasteiger partial charge in [-0.3, -0.25) is 4.79 Å². The highest BCUT2D eigenvalue weighted by Crippen LogP contribution is 2.32. The molecule has 4 nitrogen and oxygen atoms in total. The first kappa shape index (κ1) is 13.4. The van der Waals surface area contributed by atoms with E-state index in [2.05, 4.69) is 30.1 Å². The lowest BCUT2D eigenvalue weighted by Crippen LogP contribution is -2.66. The highest BCUT2D eigenvalue weighted by atomic mass is 16.2. The Hall–Kier alpha value is -2.02. The Balaban J connectivity index is 2.49. The zero-order valence-corrected chi connectivity index (χ0v) is 11.6. The number of amides is 1. The second-order valence-electron chi connectivity index (χ2n) is 5.56. The first-order chi connectivity index (χ1) is 8.97. The van der Waals surface area contributed by atoms with Gasteiger partial charge in [0.2, 0.25) is 5.91 Å². The zero-order valence-electron chi connectivity index (χ0n) is 11.6. The topological polar surface area (TPSA) is 56.1 Å². The molecule has 1 fully saturated rings. The summed E-state index contributed by atoms with van der Waals surface area (Å²) in [5, 5.41) is 11.9. The summed E-state index contributed by atoms with van der Waals surface area (Å²) in [6.45, 7) is 6.79. The van der Waals surface area contributed by atoms with Crippen molar-refractivity contribution >= 4 is 11.6 Å². The highest BCUT2D eigenvalue weighted by Gasteiger charge is 2.41. The van der Waals surface area contributed by atoms with Gasteiger partial charge in [0.05, 0.1) is 18.0 Å². The number of nitrogens with one attached hydrogen (secondary N) is 1. The molecule has 1 unspecified atom stereocenters. The molecule has 1 aliphatic heterocycles. The molecule has 4 heteroatoms. The molecule has 1 atom stereocenters. The van der Waals surface area contributed by atoms with E-state index < -0.39 is 6.04 Å². The molecule has 0 spiro atoms. The molecule has 0 saturated carbocycles. The SMILES string of the molecule is Cc1ccccc1N1C(CC#N)C(=O)NCC1(C)C. The van der Waals surface area contributed by atoms with Gasteiger partial charge in [0.1, 0.15) is 6.04 Å². The number of aryl methyl sites for hydroxylation is 1. The third kappa shape index (κ3) is 2.41. The smallest absolute Gasteiger partial charge is 0.243 e. The van der Waals surface area contributed by atoms with Crippen molar-refractivity contribution in [2.24, 2.45) is 0 Å². The predicted molar refractivity (Wildman–Crippen MR) is 74.8 cm³/mol. The number of rotatable bonds is 2. The Kier molecular flexibility index (Phi) is 3.48. The van der Waals surface area contributed by atoms with E-state index in [9.17, 15) is 4.79 Å². The maximum atomic E-state index is 12.1. The molecule has 1 N–H and O–H groups in total. The molecule has 2 rings (SSSR count). The number of piperazine rings is 1. The maximum Gasteiger partial charge on any atom is 0.243 e. The van der Waals surface area contributed by atoms with Crippen molar-refractivity contribution < 1.29 is 4.79 Å². The molecule has 19 heavy (non-hydrogen) atoms. The minimum atomic E-state index is -0.421. The standard InChI is InChI=1S/C15H19N3O/c1-11-6-4-5-7-12(11)18-13(8-9-16)14(19)17-10-15(18,2)3/h4-7,13H,8,10H2,1-3H3,(H,17,19). The van der Waals surface area contributed by atoms with Gasteiger partial charge in [0.15, 0.2) is 0 Å². The van der Waals surface area contributed by atoms with Crippen molar-refractivity contribution in [1.29, 1.82) is 5.26 Å². The van der Waals surface area contributed by atoms with Crippen LogP contribution in [0.5, 0.6) is 0 Å². The Labute approximate surface area is 114 Å². The summed E-state index contributed by atoms with van der Waals surface area (Å²) in [4.78, 5) is 14.2. The monoisotopic (exact) mass is 257 g/mol. The van der Waals surface area contributed by atoms with Gasteiger partial charge in [-0.15, -0.1) is 0 Å². The molecule has 0 aliphatic carbocycles. The van der Waals surface area contributed by atoms with Crippen molar-refractivity contribution in [3.8, 4) is 6.07 Å². The summed E-state index contributed by atoms with van der Waals surface area (Å²) >= 11 is 0. The van der Waals surface area contributed by atoms with Crippen molar-refractivity contribution in [3.63, 3.8) is 0 Å². The summed E-state index contributed by atoms with van der Waals surface area (Å²) in [6, 6.07) is 9.69. The van der Waals surface area contributed by atoms with E-state index in [1.807, 2.05) is 31.2 Å². The zero-order chi connectivity index (χ0) is 14.0. The Morgan fingerprint density at radius 2 is 2.16 bits per heavy atom. The highest BCUT2D eigenvalue weighted by molar-refractivity contribution is 5.88. The van der Waals surface area contributed by atoms with Gasteiger partial charge in [0.25, 0.3) is 0 Å². The van der Waals surface area contributed by atoms with Gasteiger partial charge >= 0.3 is 0 Å². The van der Waals surface area contributed by atoms with Crippen LogP contribution in [0.2, 0.25) is 0 Å². The van der Waals surface area contributed by atoms with Gasteiger partial charge in [-0.05, 0) is 32.4 Å². The molecular formula is C15H19N3O. The average molecular weight is 257 g/mol. The van der Waals surface area contributed by atoms with E-state index in [-0.39, 0.29) is 17.9 Å². The van der Waals surface area contributed by atoms with Gasteiger partial charge < -0.3 is 10.2 Å². The minimum Gasteiger partial charge on any atom is -0.352 e. The predicted octanol–water partition coefficient (Wildman–Crippen LogP) is 1.99. The summed E-state index contributed by atoms with van der Waals surface area (Å²) in [5.74, 6) is -0.0656. The number of benzene rings is 1. The van der Waals surface area contributed by atoms with Crippen LogP contribution < -0.4 is 10.2 Å². The number of nitriles is 1. The molecule has 1 heterocycles. The van der Waals surface area contributed by atoms with E-state index in [0.717, 1.165) is 11.3 Å². The lowest BCUT2D eigenvalue weighted by molar-refractivity contribution is -0.124. The van der Waals surface area contributed by atoms with Crippen LogP contribution in [0.15, 0.2) is 24.3 Å². The first-order valence-electron chi connectivity index (χ1n) is 6.47. The lowest BCUT2D eigenvalue weighted by atomic mass is 9.92. The maximum absolute atomic E-state index is 12.1. The van der Waals surface area contributed by atoms with E-state index >= 15 is 0 Å². The second-order valence-corrected chi connectivity index (χ2v) is 5.56. The third-order valence-electron chi connectivity index (χ3n) is 3.62.